The van der Waals surface area contributed by atoms with Gasteiger partial charge in [0.05, 0.1) is 24.1 Å². The fraction of sp³-hybridized carbons (Fsp3) is 0.261. The Balaban J connectivity index is 2.15. The van der Waals surface area contributed by atoms with Gasteiger partial charge in [0.25, 0.3) is 5.91 Å². The van der Waals surface area contributed by atoms with E-state index in [0.29, 0.717) is 38.5 Å². The van der Waals surface area contributed by atoms with E-state index in [4.69, 9.17) is 16.3 Å². The number of nitrogens with zero attached hydrogens (tertiary/aromatic N) is 1. The Morgan fingerprint density at radius 1 is 1.19 bits per heavy atom. The molecule has 0 saturated carbocycles. The summed E-state index contributed by atoms with van der Waals surface area (Å²) in [5.41, 5.74) is 0.696. The molecule has 0 radical (unpaired) electrons. The number of aliphatic carboxylic acids is 1. The quantitative estimate of drug-likeness (QED) is 0.495. The fourth-order valence-electron chi connectivity index (χ4n) is 3.45. The predicted molar refractivity (Wildman–Crippen MR) is 126 cm³/mol. The molecule has 0 aliphatic rings. The van der Waals surface area contributed by atoms with E-state index in [1.165, 1.54) is 25.5 Å². The molecule has 2 aromatic carbocycles. The standard InChI is InChI=1S/C23H22BrClN2O5/c1-12-15(10-20(28)26-23(2,3)22(30)31)16-9-19(32-4)17(25)11-18(16)27(12)21(29)13-5-7-14(24)8-6-13/h5-9,11H,10H2,1-4H3,(H,26,28)(H,30,31). The average molecular weight is 522 g/mol. The number of ether oxygens (including phenoxy) is 1. The molecule has 9 heteroatoms. The van der Waals surface area contributed by atoms with Gasteiger partial charge in [0.2, 0.25) is 5.91 Å². The first-order valence-corrected chi connectivity index (χ1v) is 10.9. The Morgan fingerprint density at radius 2 is 1.81 bits per heavy atom. The molecule has 1 amide bonds. The minimum absolute atomic E-state index is 0.121. The molecule has 0 fully saturated rings. The van der Waals surface area contributed by atoms with E-state index in [9.17, 15) is 19.5 Å². The van der Waals surface area contributed by atoms with Crippen LogP contribution in [0, 0.1) is 6.92 Å². The number of carboxylic acids is 1. The summed E-state index contributed by atoms with van der Waals surface area (Å²) in [6, 6.07) is 10.2. The molecule has 2 N–H and O–H groups in total. The van der Waals surface area contributed by atoms with Gasteiger partial charge in [-0.15, -0.1) is 0 Å². The Kier molecular flexibility index (Phi) is 6.67. The number of carbonyl (C=O) groups is 3. The van der Waals surface area contributed by atoms with Crippen molar-refractivity contribution in [2.45, 2.75) is 32.7 Å². The lowest BCUT2D eigenvalue weighted by Gasteiger charge is -2.21. The topological polar surface area (TPSA) is 97.6 Å². The van der Waals surface area contributed by atoms with E-state index >= 15 is 0 Å². The van der Waals surface area contributed by atoms with Crippen molar-refractivity contribution in [3.8, 4) is 5.75 Å². The van der Waals surface area contributed by atoms with Crippen LogP contribution >= 0.6 is 27.5 Å². The molecular weight excluding hydrogens is 500 g/mol. The Hall–Kier alpha value is -2.84. The number of carboxylic acid groups (broad SMARTS) is 1. The molecule has 0 aliphatic carbocycles. The third-order valence-corrected chi connectivity index (χ3v) is 6.05. The van der Waals surface area contributed by atoms with Gasteiger partial charge in [0, 0.05) is 21.1 Å². The molecule has 1 aromatic heterocycles. The normalized spacial score (nSPS) is 11.4. The molecule has 32 heavy (non-hydrogen) atoms. The molecule has 0 saturated heterocycles. The van der Waals surface area contributed by atoms with Crippen LogP contribution < -0.4 is 10.1 Å². The largest absolute Gasteiger partial charge is 0.495 e. The van der Waals surface area contributed by atoms with E-state index in [0.717, 1.165) is 4.47 Å². The fourth-order valence-corrected chi connectivity index (χ4v) is 3.95. The number of rotatable bonds is 6. The van der Waals surface area contributed by atoms with Crippen molar-refractivity contribution in [2.75, 3.05) is 7.11 Å². The average Bonchev–Trinajstić information content (AvgIpc) is 2.97. The lowest BCUT2D eigenvalue weighted by molar-refractivity contribution is -0.145. The van der Waals surface area contributed by atoms with Gasteiger partial charge in [-0.1, -0.05) is 27.5 Å². The molecule has 0 bridgehead atoms. The highest BCUT2D eigenvalue weighted by Crippen LogP contribution is 2.35. The molecule has 0 atom stereocenters. The first-order valence-electron chi connectivity index (χ1n) is 9.68. The van der Waals surface area contributed by atoms with Crippen LogP contribution in [-0.2, 0) is 16.0 Å². The first-order chi connectivity index (χ1) is 15.0. The highest BCUT2D eigenvalue weighted by molar-refractivity contribution is 9.10. The number of hydrogen-bond acceptors (Lipinski definition) is 4. The van der Waals surface area contributed by atoms with Gasteiger partial charge in [-0.2, -0.15) is 0 Å². The second-order valence-corrected chi connectivity index (χ2v) is 9.19. The van der Waals surface area contributed by atoms with Crippen LogP contribution in [0.3, 0.4) is 0 Å². The van der Waals surface area contributed by atoms with Gasteiger partial charge in [-0.05, 0) is 62.7 Å². The van der Waals surface area contributed by atoms with Crippen molar-refractivity contribution in [1.29, 1.82) is 0 Å². The second-order valence-electron chi connectivity index (χ2n) is 7.87. The van der Waals surface area contributed by atoms with Crippen molar-refractivity contribution >= 4 is 56.2 Å². The summed E-state index contributed by atoms with van der Waals surface area (Å²) in [6.07, 6.45) is -0.121. The van der Waals surface area contributed by atoms with E-state index in [1.807, 2.05) is 0 Å². The van der Waals surface area contributed by atoms with Crippen molar-refractivity contribution in [3.63, 3.8) is 0 Å². The zero-order valence-corrected chi connectivity index (χ0v) is 20.3. The highest BCUT2D eigenvalue weighted by atomic mass is 79.9. The number of carbonyl (C=O) groups excluding carboxylic acids is 2. The van der Waals surface area contributed by atoms with Gasteiger partial charge in [0.15, 0.2) is 0 Å². The van der Waals surface area contributed by atoms with E-state index in [2.05, 4.69) is 21.2 Å². The Morgan fingerprint density at radius 3 is 2.38 bits per heavy atom. The van der Waals surface area contributed by atoms with E-state index < -0.39 is 17.4 Å². The van der Waals surface area contributed by atoms with Crippen molar-refractivity contribution in [1.82, 2.24) is 9.88 Å². The molecule has 1 heterocycles. The molecule has 3 aromatic rings. The lowest BCUT2D eigenvalue weighted by atomic mass is 10.0. The molecule has 3 rings (SSSR count). The lowest BCUT2D eigenvalue weighted by Crippen LogP contribution is -2.50. The zero-order valence-electron chi connectivity index (χ0n) is 18.0. The maximum absolute atomic E-state index is 13.4. The summed E-state index contributed by atoms with van der Waals surface area (Å²) in [5.74, 6) is -1.51. The minimum Gasteiger partial charge on any atom is -0.495 e. The summed E-state index contributed by atoms with van der Waals surface area (Å²) in [7, 11) is 1.48. The van der Waals surface area contributed by atoms with Crippen LogP contribution in [0.5, 0.6) is 5.75 Å². The second kappa shape index (κ2) is 8.96. The molecule has 7 nitrogen and oxygen atoms in total. The van der Waals surface area contributed by atoms with Crippen molar-refractivity contribution < 1.29 is 24.2 Å². The SMILES string of the molecule is COc1cc2c(CC(=O)NC(C)(C)C(=O)O)c(C)n(C(=O)c3ccc(Br)cc3)c2cc1Cl. The highest BCUT2D eigenvalue weighted by Gasteiger charge is 2.30. The number of fused-ring (bicyclic) bond motifs is 1. The van der Waals surface area contributed by atoms with E-state index in [-0.39, 0.29) is 12.3 Å². The summed E-state index contributed by atoms with van der Waals surface area (Å²) in [6.45, 7) is 4.55. The number of halogens is 2. The molecule has 0 aliphatic heterocycles. The summed E-state index contributed by atoms with van der Waals surface area (Å²) >= 11 is 9.70. The maximum Gasteiger partial charge on any atom is 0.328 e. The monoisotopic (exact) mass is 520 g/mol. The number of benzene rings is 2. The molecule has 0 spiro atoms. The van der Waals surface area contributed by atoms with Crippen LogP contribution in [0.2, 0.25) is 5.02 Å². The maximum atomic E-state index is 13.4. The number of aromatic nitrogens is 1. The van der Waals surface area contributed by atoms with Crippen LogP contribution in [0.4, 0.5) is 0 Å². The minimum atomic E-state index is -1.43. The van der Waals surface area contributed by atoms with Crippen LogP contribution in [-0.4, -0.2) is 40.1 Å². The van der Waals surface area contributed by atoms with Crippen molar-refractivity contribution in [3.05, 3.63) is 62.7 Å². The van der Waals surface area contributed by atoms with Gasteiger partial charge in [-0.3, -0.25) is 14.2 Å². The van der Waals surface area contributed by atoms with E-state index in [1.54, 1.807) is 43.3 Å². The van der Waals surface area contributed by atoms with Gasteiger partial charge in [-0.25, -0.2) is 4.79 Å². The Labute approximate surface area is 198 Å². The van der Waals surface area contributed by atoms with Gasteiger partial charge < -0.3 is 15.2 Å². The van der Waals surface area contributed by atoms with Crippen LogP contribution in [0.25, 0.3) is 10.9 Å². The molecule has 168 valence electrons. The number of methoxy groups -OCH3 is 1. The van der Waals surface area contributed by atoms with Gasteiger partial charge in [0.1, 0.15) is 11.3 Å². The predicted octanol–water partition coefficient (Wildman–Crippen LogP) is 4.58. The number of amides is 1. The molecule has 0 unspecified atom stereocenters. The third kappa shape index (κ3) is 4.52. The van der Waals surface area contributed by atoms with Crippen LogP contribution in [0.15, 0.2) is 40.9 Å². The summed E-state index contributed by atoms with van der Waals surface area (Å²) in [4.78, 5) is 37.5. The number of hydrogen-bond donors (Lipinski definition) is 2. The first kappa shape index (κ1) is 23.8. The Bertz CT molecular complexity index is 1230. The molecular formula is C23H22BrClN2O5. The van der Waals surface area contributed by atoms with Crippen LogP contribution in [0.1, 0.15) is 35.5 Å². The summed E-state index contributed by atoms with van der Waals surface area (Å²) in [5, 5.41) is 12.8. The smallest absolute Gasteiger partial charge is 0.328 e. The van der Waals surface area contributed by atoms with Crippen molar-refractivity contribution in [2.24, 2.45) is 0 Å². The zero-order chi connectivity index (χ0) is 23.8. The number of nitrogens with one attached hydrogen (secondary N) is 1. The third-order valence-electron chi connectivity index (χ3n) is 5.23. The van der Waals surface area contributed by atoms with Gasteiger partial charge >= 0.3 is 5.97 Å². The summed E-state index contributed by atoms with van der Waals surface area (Å²) < 4.78 is 7.67.